The minimum absolute atomic E-state index is 0.0253. The van der Waals surface area contributed by atoms with Gasteiger partial charge in [0, 0.05) is 24.4 Å². The number of rotatable bonds is 7. The van der Waals surface area contributed by atoms with Gasteiger partial charge in [0.25, 0.3) is 11.8 Å². The number of anilines is 1. The number of likely N-dealkylation sites (N-methyl/N-ethyl adjacent to an activating group) is 1. The molecule has 1 fully saturated rings. The lowest BCUT2D eigenvalue weighted by molar-refractivity contribution is -0.896. The summed E-state index contributed by atoms with van der Waals surface area (Å²) in [4.78, 5) is 41.7. The summed E-state index contributed by atoms with van der Waals surface area (Å²) in [6, 6.07) is 16.3. The molecule has 2 aromatic rings. The van der Waals surface area contributed by atoms with Crippen molar-refractivity contribution in [2.24, 2.45) is 0 Å². The van der Waals surface area contributed by atoms with E-state index in [0.29, 0.717) is 49.7 Å². The predicted molar refractivity (Wildman–Crippen MR) is 117 cm³/mol. The highest BCUT2D eigenvalue weighted by molar-refractivity contribution is 5.95. The highest BCUT2D eigenvalue weighted by Gasteiger charge is 2.27. The van der Waals surface area contributed by atoms with Crippen LogP contribution in [0.1, 0.15) is 10.4 Å². The van der Waals surface area contributed by atoms with Gasteiger partial charge in [-0.25, -0.2) is 0 Å². The van der Waals surface area contributed by atoms with Crippen LogP contribution in [0.25, 0.3) is 0 Å². The van der Waals surface area contributed by atoms with E-state index in [1.54, 1.807) is 38.4 Å². The van der Waals surface area contributed by atoms with Gasteiger partial charge in [-0.3, -0.25) is 14.4 Å². The molecule has 2 aromatic carbocycles. The zero-order valence-electron chi connectivity index (χ0n) is 18.0. The van der Waals surface area contributed by atoms with E-state index in [1.807, 2.05) is 35.2 Å². The average Bonchev–Trinajstić information content (AvgIpc) is 2.79. The molecule has 0 atom stereocenters. The number of ether oxygens (including phenoxy) is 1. The van der Waals surface area contributed by atoms with Gasteiger partial charge in [0.15, 0.2) is 6.54 Å². The fraction of sp³-hybridized carbons (Fsp3) is 0.348. The first-order valence-electron chi connectivity index (χ1n) is 10.3. The number of amides is 3. The molecule has 0 bridgehead atoms. The summed E-state index contributed by atoms with van der Waals surface area (Å²) in [5.41, 5.74) is 1.30. The maximum absolute atomic E-state index is 12.6. The third-order valence-corrected chi connectivity index (χ3v) is 5.34. The van der Waals surface area contributed by atoms with Gasteiger partial charge in [-0.05, 0) is 24.3 Å². The number of nitrogens with zero attached hydrogens (tertiary/aromatic N) is 2. The number of nitrogens with one attached hydrogen (secondary N) is 2. The van der Waals surface area contributed by atoms with E-state index >= 15 is 0 Å². The summed E-state index contributed by atoms with van der Waals surface area (Å²) in [6.45, 7) is 2.90. The quantitative estimate of drug-likeness (QED) is 0.661. The van der Waals surface area contributed by atoms with Gasteiger partial charge in [0.05, 0.1) is 39.8 Å². The first kappa shape index (κ1) is 22.3. The van der Waals surface area contributed by atoms with E-state index in [0.717, 1.165) is 4.90 Å². The Kier molecular flexibility index (Phi) is 7.61. The van der Waals surface area contributed by atoms with Gasteiger partial charge in [-0.1, -0.05) is 24.3 Å². The van der Waals surface area contributed by atoms with E-state index < -0.39 is 0 Å². The summed E-state index contributed by atoms with van der Waals surface area (Å²) in [6.07, 6.45) is 0. The monoisotopic (exact) mass is 425 g/mol. The maximum atomic E-state index is 12.6. The predicted octanol–water partition coefficient (Wildman–Crippen LogP) is 0.133. The summed E-state index contributed by atoms with van der Waals surface area (Å²) in [7, 11) is 3.19. The van der Waals surface area contributed by atoms with Crippen LogP contribution in [0.15, 0.2) is 54.6 Å². The zero-order valence-corrected chi connectivity index (χ0v) is 18.0. The number of hydrogen-bond acceptors (Lipinski definition) is 4. The summed E-state index contributed by atoms with van der Waals surface area (Å²) < 4.78 is 5.14. The zero-order chi connectivity index (χ0) is 22.2. The number of benzene rings is 2. The van der Waals surface area contributed by atoms with Crippen LogP contribution in [0.5, 0.6) is 5.75 Å². The third-order valence-electron chi connectivity index (χ3n) is 5.34. The van der Waals surface area contributed by atoms with Gasteiger partial charge >= 0.3 is 0 Å². The Bertz CT molecular complexity index is 911. The van der Waals surface area contributed by atoms with Crippen LogP contribution in [-0.2, 0) is 9.59 Å². The topological polar surface area (TPSA) is 83.4 Å². The van der Waals surface area contributed by atoms with Crippen molar-refractivity contribution >= 4 is 23.4 Å². The number of carbonyl (C=O) groups excluding carboxylic acids is 3. The molecule has 0 spiro atoms. The number of carbonyl (C=O) groups is 3. The van der Waals surface area contributed by atoms with Gasteiger partial charge in [0.2, 0.25) is 5.91 Å². The highest BCUT2D eigenvalue weighted by atomic mass is 16.5. The number of methoxy groups -OCH3 is 1. The summed E-state index contributed by atoms with van der Waals surface area (Å²) in [5.74, 6) is 0.309. The normalized spacial score (nSPS) is 14.1. The van der Waals surface area contributed by atoms with Crippen molar-refractivity contribution in [1.29, 1.82) is 0 Å². The number of quaternary nitrogens is 1. The molecule has 2 N–H and O–H groups in total. The lowest BCUT2D eigenvalue weighted by Crippen LogP contribution is -3.15. The Morgan fingerprint density at radius 1 is 1.06 bits per heavy atom. The van der Waals surface area contributed by atoms with Crippen LogP contribution < -0.4 is 15.0 Å². The molecular weight excluding hydrogens is 396 g/mol. The van der Waals surface area contributed by atoms with E-state index in [1.165, 1.54) is 4.90 Å². The Hall–Kier alpha value is -3.39. The fourth-order valence-electron chi connectivity index (χ4n) is 3.52. The second kappa shape index (κ2) is 10.6. The van der Waals surface area contributed by atoms with Crippen LogP contribution in [0, 0.1) is 0 Å². The lowest BCUT2D eigenvalue weighted by Gasteiger charge is -2.32. The Morgan fingerprint density at radius 3 is 2.45 bits per heavy atom. The van der Waals surface area contributed by atoms with E-state index in [9.17, 15) is 14.4 Å². The van der Waals surface area contributed by atoms with Crippen LogP contribution in [0.2, 0.25) is 0 Å². The SMILES string of the molecule is COc1cccc(NC(=O)CN(C)C(=O)C[NH+]2CCN(C(=O)c3ccccc3)CC2)c1. The molecule has 31 heavy (non-hydrogen) atoms. The molecule has 0 radical (unpaired) electrons. The molecule has 8 heteroatoms. The van der Waals surface area contributed by atoms with Gasteiger partial charge in [-0.15, -0.1) is 0 Å². The molecule has 1 heterocycles. The Balaban J connectivity index is 1.42. The third kappa shape index (κ3) is 6.29. The van der Waals surface area contributed by atoms with Crippen molar-refractivity contribution in [3.63, 3.8) is 0 Å². The second-order valence-corrected chi connectivity index (χ2v) is 7.61. The van der Waals surface area contributed by atoms with Crippen LogP contribution in [-0.4, -0.2) is 80.9 Å². The average molecular weight is 426 g/mol. The lowest BCUT2D eigenvalue weighted by atomic mass is 10.2. The van der Waals surface area contributed by atoms with Crippen LogP contribution in [0.3, 0.4) is 0 Å². The van der Waals surface area contributed by atoms with Gasteiger partial charge < -0.3 is 24.8 Å². The Morgan fingerprint density at radius 2 is 1.77 bits per heavy atom. The Labute approximate surface area is 182 Å². The number of piperazine rings is 1. The molecule has 0 unspecified atom stereocenters. The van der Waals surface area contributed by atoms with Crippen LogP contribution in [0.4, 0.5) is 5.69 Å². The standard InChI is InChI=1S/C23H28N4O4/c1-25(16-21(28)24-19-9-6-10-20(15-19)31-2)22(29)17-26-11-13-27(14-12-26)23(30)18-7-4-3-5-8-18/h3-10,15H,11-14,16-17H2,1-2H3,(H,24,28)/p+1. The molecule has 1 aliphatic rings. The molecule has 0 aromatic heterocycles. The molecular formula is C23H29N4O4+. The van der Waals surface area contributed by atoms with Gasteiger partial charge in [0.1, 0.15) is 5.75 Å². The van der Waals surface area contributed by atoms with Crippen LogP contribution >= 0.6 is 0 Å². The van der Waals surface area contributed by atoms with E-state index in [-0.39, 0.29) is 24.3 Å². The summed E-state index contributed by atoms with van der Waals surface area (Å²) in [5, 5.41) is 2.78. The first-order chi connectivity index (χ1) is 15.0. The molecule has 0 saturated carbocycles. The fourth-order valence-corrected chi connectivity index (χ4v) is 3.52. The van der Waals surface area contributed by atoms with Crippen molar-refractivity contribution < 1.29 is 24.0 Å². The maximum Gasteiger partial charge on any atom is 0.277 e. The van der Waals surface area contributed by atoms with E-state index in [2.05, 4.69) is 5.32 Å². The molecule has 8 nitrogen and oxygen atoms in total. The molecule has 1 saturated heterocycles. The van der Waals surface area contributed by atoms with Crippen molar-refractivity contribution in [1.82, 2.24) is 9.80 Å². The molecule has 0 aliphatic carbocycles. The van der Waals surface area contributed by atoms with Gasteiger partial charge in [-0.2, -0.15) is 0 Å². The molecule has 3 rings (SSSR count). The highest BCUT2D eigenvalue weighted by Crippen LogP contribution is 2.16. The minimum Gasteiger partial charge on any atom is -0.497 e. The first-order valence-corrected chi connectivity index (χ1v) is 10.3. The number of hydrogen-bond donors (Lipinski definition) is 2. The van der Waals surface area contributed by atoms with Crippen molar-refractivity contribution in [3.05, 3.63) is 60.2 Å². The second-order valence-electron chi connectivity index (χ2n) is 7.61. The molecule has 3 amide bonds. The van der Waals surface area contributed by atoms with Crippen molar-refractivity contribution in [2.75, 3.05) is 58.7 Å². The smallest absolute Gasteiger partial charge is 0.277 e. The van der Waals surface area contributed by atoms with Crippen molar-refractivity contribution in [2.45, 2.75) is 0 Å². The molecule has 1 aliphatic heterocycles. The van der Waals surface area contributed by atoms with E-state index in [4.69, 9.17) is 4.74 Å². The largest absolute Gasteiger partial charge is 0.497 e. The molecule has 164 valence electrons. The minimum atomic E-state index is -0.266. The van der Waals surface area contributed by atoms with Crippen molar-refractivity contribution in [3.8, 4) is 5.75 Å². The summed E-state index contributed by atoms with van der Waals surface area (Å²) >= 11 is 0.